The predicted molar refractivity (Wildman–Crippen MR) is 97.7 cm³/mol. The maximum absolute atomic E-state index is 12.9. The molecule has 0 fully saturated rings. The Hall–Kier alpha value is -2.73. The molecule has 0 aliphatic carbocycles. The van der Waals surface area contributed by atoms with Crippen LogP contribution in [-0.4, -0.2) is 17.5 Å². The summed E-state index contributed by atoms with van der Waals surface area (Å²) in [5.41, 5.74) is 2.11. The lowest BCUT2D eigenvalue weighted by Crippen LogP contribution is -2.11. The highest BCUT2D eigenvalue weighted by molar-refractivity contribution is 7.14. The molecule has 0 radical (unpaired) electrons. The lowest BCUT2D eigenvalue weighted by Gasteiger charge is -2.04. The molecule has 4 nitrogen and oxygen atoms in total. The summed E-state index contributed by atoms with van der Waals surface area (Å²) in [4.78, 5) is 16.6. The van der Waals surface area contributed by atoms with Crippen LogP contribution in [0.15, 0.2) is 53.9 Å². The topological polar surface area (TPSA) is 51.2 Å². The van der Waals surface area contributed by atoms with Gasteiger partial charge in [0.25, 0.3) is 5.91 Å². The molecule has 3 aromatic rings. The van der Waals surface area contributed by atoms with Crippen LogP contribution in [0.2, 0.25) is 0 Å². The van der Waals surface area contributed by atoms with Crippen LogP contribution in [0, 0.1) is 5.82 Å². The minimum Gasteiger partial charge on any atom is -0.494 e. The molecule has 3 rings (SSSR count). The minimum atomic E-state index is -0.376. The van der Waals surface area contributed by atoms with Crippen molar-refractivity contribution in [2.45, 2.75) is 13.3 Å². The summed E-state index contributed by atoms with van der Waals surface area (Å²) in [6.07, 6.45) is 0.963. The van der Waals surface area contributed by atoms with E-state index in [1.807, 2.05) is 29.6 Å². The normalized spacial score (nSPS) is 10.5. The van der Waals surface area contributed by atoms with Gasteiger partial charge in [0, 0.05) is 16.5 Å². The third kappa shape index (κ3) is 4.42. The lowest BCUT2D eigenvalue weighted by molar-refractivity contribution is 0.102. The van der Waals surface area contributed by atoms with Crippen molar-refractivity contribution in [3.8, 4) is 17.0 Å². The fraction of sp³-hybridized carbons (Fsp3) is 0.158. The summed E-state index contributed by atoms with van der Waals surface area (Å²) in [5, 5.41) is 5.10. The number of thiazole rings is 1. The first-order chi connectivity index (χ1) is 12.2. The van der Waals surface area contributed by atoms with E-state index in [0.29, 0.717) is 17.3 Å². The van der Waals surface area contributed by atoms with Gasteiger partial charge in [-0.05, 0) is 55.0 Å². The van der Waals surface area contributed by atoms with Crippen molar-refractivity contribution in [3.63, 3.8) is 0 Å². The molecule has 0 bridgehead atoms. The van der Waals surface area contributed by atoms with Crippen LogP contribution in [0.1, 0.15) is 23.7 Å². The number of carbonyl (C=O) groups is 1. The molecule has 1 N–H and O–H groups in total. The van der Waals surface area contributed by atoms with E-state index < -0.39 is 0 Å². The third-order valence-electron chi connectivity index (χ3n) is 3.45. The van der Waals surface area contributed by atoms with Gasteiger partial charge in [0.1, 0.15) is 11.6 Å². The molecule has 2 aromatic carbocycles. The summed E-state index contributed by atoms with van der Waals surface area (Å²) < 4.78 is 18.5. The van der Waals surface area contributed by atoms with Crippen LogP contribution in [0.4, 0.5) is 9.52 Å². The molecule has 25 heavy (non-hydrogen) atoms. The highest BCUT2D eigenvalue weighted by atomic mass is 32.1. The fourth-order valence-electron chi connectivity index (χ4n) is 2.18. The molecule has 6 heteroatoms. The predicted octanol–water partition coefficient (Wildman–Crippen LogP) is 4.99. The molecule has 0 saturated heterocycles. The monoisotopic (exact) mass is 356 g/mol. The zero-order valence-corrected chi connectivity index (χ0v) is 14.5. The summed E-state index contributed by atoms with van der Waals surface area (Å²) in [7, 11) is 0. The molecule has 0 aliphatic heterocycles. The van der Waals surface area contributed by atoms with Crippen molar-refractivity contribution in [2.24, 2.45) is 0 Å². The molecule has 1 amide bonds. The van der Waals surface area contributed by atoms with E-state index in [1.54, 1.807) is 0 Å². The zero-order valence-electron chi connectivity index (χ0n) is 13.7. The Balaban J connectivity index is 1.67. The van der Waals surface area contributed by atoms with Gasteiger partial charge in [-0.2, -0.15) is 0 Å². The number of benzene rings is 2. The highest BCUT2D eigenvalue weighted by Crippen LogP contribution is 2.26. The molecule has 0 atom stereocenters. The Labute approximate surface area is 149 Å². The number of rotatable bonds is 6. The Bertz CT molecular complexity index is 845. The van der Waals surface area contributed by atoms with E-state index in [2.05, 4.69) is 17.2 Å². The maximum Gasteiger partial charge on any atom is 0.257 e. The van der Waals surface area contributed by atoms with Gasteiger partial charge < -0.3 is 4.74 Å². The van der Waals surface area contributed by atoms with Gasteiger partial charge in [-0.1, -0.05) is 6.92 Å². The van der Waals surface area contributed by atoms with Crippen LogP contribution in [0.5, 0.6) is 5.75 Å². The molecule has 0 unspecified atom stereocenters. The minimum absolute atomic E-state index is 0.316. The molecular weight excluding hydrogens is 339 g/mol. The Morgan fingerprint density at radius 1 is 1.16 bits per heavy atom. The smallest absolute Gasteiger partial charge is 0.257 e. The number of aromatic nitrogens is 1. The second-order valence-electron chi connectivity index (χ2n) is 5.37. The van der Waals surface area contributed by atoms with Crippen LogP contribution in [0.3, 0.4) is 0 Å². The summed E-state index contributed by atoms with van der Waals surface area (Å²) in [6.45, 7) is 2.75. The van der Waals surface area contributed by atoms with Crippen LogP contribution in [0.25, 0.3) is 11.3 Å². The Kier molecular flexibility index (Phi) is 5.40. The van der Waals surface area contributed by atoms with E-state index in [4.69, 9.17) is 4.74 Å². The summed E-state index contributed by atoms with van der Waals surface area (Å²) in [5.74, 6) is 0.134. The van der Waals surface area contributed by atoms with Gasteiger partial charge in [0.2, 0.25) is 0 Å². The maximum atomic E-state index is 12.9. The molecule has 1 aromatic heterocycles. The van der Waals surface area contributed by atoms with Crippen LogP contribution in [-0.2, 0) is 0 Å². The molecule has 0 spiro atoms. The number of amides is 1. The SMILES string of the molecule is CCCOc1ccc(-c2csc(NC(=O)c3ccc(F)cc3)n2)cc1. The second-order valence-corrected chi connectivity index (χ2v) is 6.23. The molecule has 128 valence electrons. The van der Waals surface area contributed by atoms with E-state index >= 15 is 0 Å². The summed E-state index contributed by atoms with van der Waals surface area (Å²) >= 11 is 1.34. The van der Waals surface area contributed by atoms with E-state index in [-0.39, 0.29) is 11.7 Å². The number of hydrogen-bond donors (Lipinski definition) is 1. The number of anilines is 1. The van der Waals surface area contributed by atoms with Gasteiger partial charge in [0.15, 0.2) is 5.13 Å². The molecule has 0 saturated carbocycles. The molecule has 1 heterocycles. The number of nitrogens with zero attached hydrogens (tertiary/aromatic N) is 1. The van der Waals surface area contributed by atoms with Gasteiger partial charge in [0.05, 0.1) is 12.3 Å². The lowest BCUT2D eigenvalue weighted by atomic mass is 10.2. The van der Waals surface area contributed by atoms with Gasteiger partial charge >= 0.3 is 0 Å². The van der Waals surface area contributed by atoms with Crippen molar-refractivity contribution < 1.29 is 13.9 Å². The number of nitrogens with one attached hydrogen (secondary N) is 1. The van der Waals surface area contributed by atoms with Crippen LogP contribution < -0.4 is 10.1 Å². The molecule has 0 aliphatic rings. The molecular formula is C19H17FN2O2S. The fourth-order valence-corrected chi connectivity index (χ4v) is 2.89. The van der Waals surface area contributed by atoms with Crippen molar-refractivity contribution in [2.75, 3.05) is 11.9 Å². The van der Waals surface area contributed by atoms with E-state index in [9.17, 15) is 9.18 Å². The van der Waals surface area contributed by atoms with E-state index in [1.165, 1.54) is 35.6 Å². The van der Waals surface area contributed by atoms with Gasteiger partial charge in [-0.3, -0.25) is 10.1 Å². The highest BCUT2D eigenvalue weighted by Gasteiger charge is 2.10. The number of ether oxygens (including phenoxy) is 1. The Morgan fingerprint density at radius 3 is 2.56 bits per heavy atom. The largest absolute Gasteiger partial charge is 0.494 e. The number of halogens is 1. The van der Waals surface area contributed by atoms with E-state index in [0.717, 1.165) is 23.4 Å². The quantitative estimate of drug-likeness (QED) is 0.677. The average Bonchev–Trinajstić information content (AvgIpc) is 3.09. The zero-order chi connectivity index (χ0) is 17.6. The van der Waals surface area contributed by atoms with Gasteiger partial charge in [-0.25, -0.2) is 9.37 Å². The first-order valence-electron chi connectivity index (χ1n) is 7.91. The number of hydrogen-bond acceptors (Lipinski definition) is 4. The van der Waals surface area contributed by atoms with Crippen molar-refractivity contribution in [1.29, 1.82) is 0 Å². The standard InChI is InChI=1S/C19H17FN2O2S/c1-2-11-24-16-9-5-13(6-10-16)17-12-25-19(21-17)22-18(23)14-3-7-15(20)8-4-14/h3-10,12H,2,11H2,1H3,(H,21,22,23). The Morgan fingerprint density at radius 2 is 1.88 bits per heavy atom. The van der Waals surface area contributed by atoms with Crippen LogP contribution >= 0.6 is 11.3 Å². The summed E-state index contributed by atoms with van der Waals surface area (Å²) in [6, 6.07) is 13.1. The van der Waals surface area contributed by atoms with Crippen molar-refractivity contribution in [3.05, 3.63) is 65.3 Å². The van der Waals surface area contributed by atoms with Crippen molar-refractivity contribution in [1.82, 2.24) is 4.98 Å². The van der Waals surface area contributed by atoms with Gasteiger partial charge in [-0.15, -0.1) is 11.3 Å². The third-order valence-corrected chi connectivity index (χ3v) is 4.21. The number of carbonyl (C=O) groups excluding carboxylic acids is 1. The second kappa shape index (κ2) is 7.90. The first-order valence-corrected chi connectivity index (χ1v) is 8.79. The first kappa shape index (κ1) is 17.1. The van der Waals surface area contributed by atoms with Crippen molar-refractivity contribution >= 4 is 22.4 Å². The average molecular weight is 356 g/mol.